The quantitative estimate of drug-likeness (QED) is 0.547. The number of nitrogens with zero attached hydrogens (tertiary/aromatic N) is 2. The van der Waals surface area contributed by atoms with Crippen molar-refractivity contribution < 1.29 is 27.8 Å². The summed E-state index contributed by atoms with van der Waals surface area (Å²) in [5, 5.41) is 14.1. The molecule has 0 aromatic carbocycles. The molecule has 0 radical (unpaired) electrons. The van der Waals surface area contributed by atoms with Gasteiger partial charge in [-0.2, -0.15) is 0 Å². The fraction of sp³-hybridized carbons (Fsp3) is 0.947. The van der Waals surface area contributed by atoms with E-state index in [2.05, 4.69) is 17.3 Å². The van der Waals surface area contributed by atoms with Crippen LogP contribution in [0.25, 0.3) is 0 Å². The van der Waals surface area contributed by atoms with Crippen LogP contribution in [-0.2, 0) is 24.1 Å². The van der Waals surface area contributed by atoms with Crippen LogP contribution in [0.1, 0.15) is 25.7 Å². The normalized spacial score (nSPS) is 38.3. The number of hydrogen-bond acceptors (Lipinski definition) is 8. The first-order chi connectivity index (χ1) is 13.8. The molecule has 4 fully saturated rings. The number of aliphatic hydroxyl groups excluding tert-OH is 1. The summed E-state index contributed by atoms with van der Waals surface area (Å²) >= 11 is 0. The topological polar surface area (TPSA) is 108 Å². The van der Waals surface area contributed by atoms with Gasteiger partial charge >= 0.3 is 0 Å². The third-order valence-corrected chi connectivity index (χ3v) is 8.31. The average Bonchev–Trinajstić information content (AvgIpc) is 3.19. The number of hydrogen-bond donors (Lipinski definition) is 2. The summed E-state index contributed by atoms with van der Waals surface area (Å²) in [5.74, 6) is -0.0214. The Bertz CT molecular complexity index is 682. The zero-order valence-corrected chi connectivity index (χ0v) is 17.8. The minimum Gasteiger partial charge on any atom is -0.388 e. The molecule has 4 rings (SSSR count). The van der Waals surface area contributed by atoms with Gasteiger partial charge in [-0.25, -0.2) is 8.42 Å². The van der Waals surface area contributed by atoms with Crippen molar-refractivity contribution in [3.05, 3.63) is 0 Å². The second-order valence-corrected chi connectivity index (χ2v) is 11.2. The van der Waals surface area contributed by atoms with Crippen molar-refractivity contribution in [1.29, 1.82) is 0 Å². The molecule has 166 valence electrons. The Morgan fingerprint density at radius 3 is 2.48 bits per heavy atom. The molecule has 0 bridgehead atoms. The van der Waals surface area contributed by atoms with Crippen molar-refractivity contribution in [2.45, 2.75) is 62.2 Å². The molecule has 4 heterocycles. The van der Waals surface area contributed by atoms with Crippen LogP contribution < -0.4 is 5.32 Å². The van der Waals surface area contributed by atoms with E-state index in [4.69, 9.17) is 9.47 Å². The van der Waals surface area contributed by atoms with Crippen LogP contribution in [0.15, 0.2) is 0 Å². The molecule has 0 aliphatic carbocycles. The molecule has 4 saturated heterocycles. The fourth-order valence-electron chi connectivity index (χ4n) is 4.79. The van der Waals surface area contributed by atoms with E-state index < -0.39 is 15.9 Å². The fourth-order valence-corrected chi connectivity index (χ4v) is 5.99. The Balaban J connectivity index is 1.20. The number of nitrogens with one attached hydrogen (secondary N) is 1. The lowest BCUT2D eigenvalue weighted by Crippen LogP contribution is -2.46. The zero-order valence-electron chi connectivity index (χ0n) is 17.0. The molecule has 4 aliphatic heterocycles. The molecule has 10 heteroatoms. The van der Waals surface area contributed by atoms with Gasteiger partial charge < -0.3 is 29.7 Å². The minimum absolute atomic E-state index is 0.0311. The molecule has 29 heavy (non-hydrogen) atoms. The van der Waals surface area contributed by atoms with Crippen LogP contribution in [-0.4, -0.2) is 117 Å². The minimum atomic E-state index is -3.01. The number of aliphatic hydroxyl groups is 1. The molecule has 4 aliphatic rings. The summed E-state index contributed by atoms with van der Waals surface area (Å²) in [7, 11) is -0.873. The summed E-state index contributed by atoms with van der Waals surface area (Å²) in [4.78, 5) is 16.4. The smallest absolute Gasteiger partial charge is 0.225 e. The highest BCUT2D eigenvalue weighted by Gasteiger charge is 2.50. The zero-order chi connectivity index (χ0) is 20.6. The van der Waals surface area contributed by atoms with E-state index in [1.165, 1.54) is 0 Å². The van der Waals surface area contributed by atoms with Crippen molar-refractivity contribution in [1.82, 2.24) is 15.1 Å². The number of likely N-dealkylation sites (tertiary alicyclic amines) is 1. The van der Waals surface area contributed by atoms with Gasteiger partial charge in [0.2, 0.25) is 5.91 Å². The van der Waals surface area contributed by atoms with E-state index in [1.54, 1.807) is 4.90 Å². The second kappa shape index (κ2) is 8.76. The second-order valence-electron chi connectivity index (χ2n) is 8.88. The van der Waals surface area contributed by atoms with Crippen molar-refractivity contribution in [2.75, 3.05) is 51.3 Å². The number of carbonyl (C=O) groups excluding carboxylic acids is 1. The highest BCUT2D eigenvalue weighted by Crippen LogP contribution is 2.35. The lowest BCUT2D eigenvalue weighted by atomic mass is 10.0. The van der Waals surface area contributed by atoms with E-state index in [9.17, 15) is 18.3 Å². The Hall–Kier alpha value is -0.780. The third-order valence-electron chi connectivity index (χ3n) is 6.70. The van der Waals surface area contributed by atoms with Gasteiger partial charge in [-0.05, 0) is 33.0 Å². The van der Waals surface area contributed by atoms with Gasteiger partial charge in [0.1, 0.15) is 12.2 Å². The molecule has 0 unspecified atom stereocenters. The molecule has 2 N–H and O–H groups in total. The monoisotopic (exact) mass is 431 g/mol. The molecule has 0 spiro atoms. The lowest BCUT2D eigenvalue weighted by Gasteiger charge is -2.31. The Labute approximate surface area is 172 Å². The molecule has 1 amide bonds. The maximum absolute atomic E-state index is 12.5. The maximum Gasteiger partial charge on any atom is 0.225 e. The largest absolute Gasteiger partial charge is 0.388 e. The number of sulfone groups is 1. The van der Waals surface area contributed by atoms with Gasteiger partial charge in [-0.1, -0.05) is 0 Å². The van der Waals surface area contributed by atoms with Gasteiger partial charge in [0.15, 0.2) is 9.84 Å². The summed E-state index contributed by atoms with van der Waals surface area (Å²) in [6, 6.07) is 0.460. The summed E-state index contributed by atoms with van der Waals surface area (Å²) in [6.07, 6.45) is 1.16. The average molecular weight is 432 g/mol. The molecule has 0 aromatic rings. The van der Waals surface area contributed by atoms with Gasteiger partial charge in [0.05, 0.1) is 36.2 Å². The van der Waals surface area contributed by atoms with Gasteiger partial charge in [-0.15, -0.1) is 0 Å². The summed E-state index contributed by atoms with van der Waals surface area (Å²) in [6.45, 7) is 3.28. The number of ether oxygens (including phenoxy) is 2. The number of rotatable bonds is 5. The first-order valence-electron chi connectivity index (χ1n) is 10.7. The molecular formula is C19H33N3O6S. The van der Waals surface area contributed by atoms with Crippen molar-refractivity contribution in [2.24, 2.45) is 0 Å². The van der Waals surface area contributed by atoms with Crippen molar-refractivity contribution in [3.63, 3.8) is 0 Å². The van der Waals surface area contributed by atoms with Gasteiger partial charge in [0.25, 0.3) is 0 Å². The Morgan fingerprint density at radius 2 is 1.83 bits per heavy atom. The van der Waals surface area contributed by atoms with Crippen LogP contribution in [0.5, 0.6) is 0 Å². The first-order valence-corrected chi connectivity index (χ1v) is 12.5. The van der Waals surface area contributed by atoms with Crippen molar-refractivity contribution >= 4 is 15.7 Å². The first kappa shape index (κ1) is 21.5. The molecule has 5 atom stereocenters. The van der Waals surface area contributed by atoms with E-state index in [-0.39, 0.29) is 61.3 Å². The number of carbonyl (C=O) groups is 1. The molecule has 9 nitrogen and oxygen atoms in total. The lowest BCUT2D eigenvalue weighted by molar-refractivity contribution is -0.134. The van der Waals surface area contributed by atoms with E-state index in [1.807, 2.05) is 0 Å². The van der Waals surface area contributed by atoms with Crippen LogP contribution >= 0.6 is 0 Å². The highest BCUT2D eigenvalue weighted by atomic mass is 32.2. The third kappa shape index (κ3) is 5.11. The highest BCUT2D eigenvalue weighted by molar-refractivity contribution is 7.91. The summed E-state index contributed by atoms with van der Waals surface area (Å²) in [5.41, 5.74) is 0. The predicted octanol–water partition coefficient (Wildman–Crippen LogP) is -1.40. The van der Waals surface area contributed by atoms with E-state index in [0.29, 0.717) is 19.0 Å². The number of fused-ring (bicyclic) bond motifs is 1. The standard InChI is InChI=1S/C19H33N3O6S/c1-21-4-2-13(3-5-21)20-12-16-18(24)19-15(28-16)10-14(27-19)11-17(23)22-6-8-29(25,26)9-7-22/h13-16,18-20,24H,2-12H2,1H3/t14-,15+,16+,18+,19-/m0/s1. The van der Waals surface area contributed by atoms with Gasteiger partial charge in [0, 0.05) is 32.1 Å². The Morgan fingerprint density at radius 1 is 1.14 bits per heavy atom. The number of piperidine rings is 1. The van der Waals surface area contributed by atoms with Gasteiger partial charge in [-0.3, -0.25) is 4.79 Å². The summed E-state index contributed by atoms with van der Waals surface area (Å²) < 4.78 is 35.0. The van der Waals surface area contributed by atoms with Crippen LogP contribution in [0.2, 0.25) is 0 Å². The Kier molecular flexibility index (Phi) is 6.48. The molecular weight excluding hydrogens is 398 g/mol. The van der Waals surface area contributed by atoms with Crippen LogP contribution in [0.3, 0.4) is 0 Å². The number of amides is 1. The molecule has 0 saturated carbocycles. The van der Waals surface area contributed by atoms with E-state index >= 15 is 0 Å². The SMILES string of the molecule is CN1CCC(NC[C@H]2O[C@@H]3C[C@@H](CC(=O)N4CCS(=O)(=O)CC4)O[C@@H]3[C@@H]2O)CC1. The molecule has 0 aromatic heterocycles. The predicted molar refractivity (Wildman–Crippen MR) is 106 cm³/mol. The van der Waals surface area contributed by atoms with Crippen LogP contribution in [0, 0.1) is 0 Å². The van der Waals surface area contributed by atoms with Crippen LogP contribution in [0.4, 0.5) is 0 Å². The van der Waals surface area contributed by atoms with Crippen molar-refractivity contribution in [3.8, 4) is 0 Å². The maximum atomic E-state index is 12.5. The van der Waals surface area contributed by atoms with E-state index in [0.717, 1.165) is 25.9 Å².